The van der Waals surface area contributed by atoms with Crippen molar-refractivity contribution in [1.82, 2.24) is 16.0 Å². The molecule has 3 N–H and O–H groups in total. The third kappa shape index (κ3) is 8.93. The summed E-state index contributed by atoms with van der Waals surface area (Å²) in [7, 11) is 1.57. The first kappa shape index (κ1) is 24.0. The Morgan fingerprint density at radius 2 is 1.92 bits per heavy atom. The van der Waals surface area contributed by atoms with Gasteiger partial charge in [-0.1, -0.05) is 12.1 Å². The molecule has 0 aliphatic heterocycles. The Morgan fingerprint density at radius 1 is 1.19 bits per heavy atom. The van der Waals surface area contributed by atoms with E-state index >= 15 is 0 Å². The summed E-state index contributed by atoms with van der Waals surface area (Å²) in [5, 5.41) is 8.99. The lowest BCUT2D eigenvalue weighted by Crippen LogP contribution is -2.37. The lowest BCUT2D eigenvalue weighted by Gasteiger charge is -2.12. The molecule has 0 heterocycles. The van der Waals surface area contributed by atoms with E-state index in [0.717, 1.165) is 18.1 Å². The number of carbonyl (C=O) groups excluding carboxylic acids is 1. The first-order valence-electron chi connectivity index (χ1n) is 8.34. The van der Waals surface area contributed by atoms with E-state index in [-0.39, 0.29) is 36.5 Å². The van der Waals surface area contributed by atoms with Crippen molar-refractivity contribution in [3.05, 3.63) is 36.4 Å². The van der Waals surface area contributed by atoms with Crippen LogP contribution in [-0.4, -0.2) is 45.2 Å². The molecule has 1 aromatic rings. The Hall–Kier alpha value is -1.97. The summed E-state index contributed by atoms with van der Waals surface area (Å²) in [6.07, 6.45) is 1.77. The molecule has 7 nitrogen and oxygen atoms in total. The van der Waals surface area contributed by atoms with Gasteiger partial charge in [0.15, 0.2) is 24.1 Å². The topological polar surface area (TPSA) is 84.0 Å². The monoisotopic (exact) mass is 476 g/mol. The number of hydrogen-bond acceptors (Lipinski definition) is 4. The normalized spacial score (nSPS) is 10.3. The number of aliphatic imine (C=N–C) groups is 1. The SMILES string of the molecule is C=CCNC(=NCc1ccc(OCC(=O)NCC)c(OC)c1)NCC.I. The molecule has 0 radical (unpaired) electrons. The van der Waals surface area contributed by atoms with Gasteiger partial charge in [0.05, 0.1) is 13.7 Å². The summed E-state index contributed by atoms with van der Waals surface area (Å²) in [4.78, 5) is 16.0. The summed E-state index contributed by atoms with van der Waals surface area (Å²) in [6, 6.07) is 5.54. The number of ether oxygens (including phenoxy) is 2. The molecule has 0 atom stereocenters. The van der Waals surface area contributed by atoms with Crippen molar-refractivity contribution in [3.63, 3.8) is 0 Å². The standard InChI is InChI=1S/C18H28N4O3.HI/c1-5-10-21-18(20-7-3)22-12-14-8-9-15(16(11-14)24-4)25-13-17(23)19-6-2;/h5,8-9,11H,1,6-7,10,12-13H2,2-4H3,(H,19,23)(H2,20,21,22);1H. The highest BCUT2D eigenvalue weighted by Gasteiger charge is 2.08. The molecule has 146 valence electrons. The van der Waals surface area contributed by atoms with Crippen LogP contribution in [0.4, 0.5) is 0 Å². The smallest absolute Gasteiger partial charge is 0.257 e. The Labute approximate surface area is 172 Å². The molecule has 0 aliphatic carbocycles. The van der Waals surface area contributed by atoms with Crippen molar-refractivity contribution in [1.29, 1.82) is 0 Å². The number of rotatable bonds is 10. The fourth-order valence-corrected chi connectivity index (χ4v) is 2.00. The second-order valence-electron chi connectivity index (χ2n) is 5.09. The molecule has 0 bridgehead atoms. The van der Waals surface area contributed by atoms with Crippen molar-refractivity contribution in [2.45, 2.75) is 20.4 Å². The van der Waals surface area contributed by atoms with Gasteiger partial charge in [-0.15, -0.1) is 30.6 Å². The van der Waals surface area contributed by atoms with E-state index in [9.17, 15) is 4.79 Å². The number of halogens is 1. The highest BCUT2D eigenvalue weighted by molar-refractivity contribution is 14.0. The minimum Gasteiger partial charge on any atom is -0.493 e. The second-order valence-corrected chi connectivity index (χ2v) is 5.09. The largest absolute Gasteiger partial charge is 0.493 e. The zero-order valence-corrected chi connectivity index (χ0v) is 18.0. The first-order valence-corrected chi connectivity index (χ1v) is 8.34. The minimum atomic E-state index is -0.165. The number of guanidine groups is 1. The van der Waals surface area contributed by atoms with Gasteiger partial charge in [0.25, 0.3) is 5.91 Å². The molecule has 0 aliphatic rings. The first-order chi connectivity index (χ1) is 12.1. The number of likely N-dealkylation sites (N-methyl/N-ethyl adjacent to an activating group) is 1. The van der Waals surface area contributed by atoms with E-state index in [4.69, 9.17) is 9.47 Å². The van der Waals surface area contributed by atoms with Crippen LogP contribution < -0.4 is 25.4 Å². The second kappa shape index (κ2) is 14.2. The van der Waals surface area contributed by atoms with Crippen LogP contribution in [0.1, 0.15) is 19.4 Å². The molecule has 0 aromatic heterocycles. The van der Waals surface area contributed by atoms with Crippen molar-refractivity contribution < 1.29 is 14.3 Å². The number of methoxy groups -OCH3 is 1. The maximum absolute atomic E-state index is 11.5. The van der Waals surface area contributed by atoms with E-state index in [0.29, 0.717) is 31.1 Å². The van der Waals surface area contributed by atoms with E-state index < -0.39 is 0 Å². The molecule has 0 spiro atoms. The molecule has 8 heteroatoms. The van der Waals surface area contributed by atoms with Crippen molar-refractivity contribution in [2.75, 3.05) is 33.4 Å². The molecule has 1 amide bonds. The summed E-state index contributed by atoms with van der Waals surface area (Å²) < 4.78 is 10.9. The number of carbonyl (C=O) groups is 1. The quantitative estimate of drug-likeness (QED) is 0.209. The molecular formula is C18H29IN4O3. The molecule has 1 rings (SSSR count). The Balaban J connectivity index is 0.00000625. The zero-order valence-electron chi connectivity index (χ0n) is 15.6. The maximum atomic E-state index is 11.5. The van der Waals surface area contributed by atoms with E-state index in [1.165, 1.54) is 0 Å². The summed E-state index contributed by atoms with van der Waals surface area (Å²) in [5.74, 6) is 1.65. The van der Waals surface area contributed by atoms with Gasteiger partial charge in [-0.05, 0) is 31.5 Å². The number of nitrogens with zero attached hydrogens (tertiary/aromatic N) is 1. The highest BCUT2D eigenvalue weighted by Crippen LogP contribution is 2.28. The van der Waals surface area contributed by atoms with Crippen molar-refractivity contribution >= 4 is 35.8 Å². The fraction of sp³-hybridized carbons (Fsp3) is 0.444. The average Bonchev–Trinajstić information content (AvgIpc) is 2.62. The van der Waals surface area contributed by atoms with Crippen molar-refractivity contribution in [3.8, 4) is 11.5 Å². The lowest BCUT2D eigenvalue weighted by atomic mass is 10.2. The van der Waals surface area contributed by atoms with Crippen LogP contribution in [0.3, 0.4) is 0 Å². The number of nitrogens with one attached hydrogen (secondary N) is 3. The third-order valence-electron chi connectivity index (χ3n) is 3.14. The summed E-state index contributed by atoms with van der Waals surface area (Å²) in [6.45, 7) is 9.98. The highest BCUT2D eigenvalue weighted by atomic mass is 127. The van der Waals surface area contributed by atoms with Crippen LogP contribution in [0.5, 0.6) is 11.5 Å². The molecule has 0 fully saturated rings. The minimum absolute atomic E-state index is 0. The molecule has 0 saturated carbocycles. The summed E-state index contributed by atoms with van der Waals surface area (Å²) >= 11 is 0. The summed E-state index contributed by atoms with van der Waals surface area (Å²) in [5.41, 5.74) is 0.970. The van der Waals surface area contributed by atoms with Gasteiger partial charge >= 0.3 is 0 Å². The predicted molar refractivity (Wildman–Crippen MR) is 116 cm³/mol. The Morgan fingerprint density at radius 3 is 2.54 bits per heavy atom. The zero-order chi connectivity index (χ0) is 18.5. The van der Waals surface area contributed by atoms with Crippen molar-refractivity contribution in [2.24, 2.45) is 4.99 Å². The van der Waals surface area contributed by atoms with Crippen LogP contribution in [0, 0.1) is 0 Å². The number of amides is 1. The molecule has 26 heavy (non-hydrogen) atoms. The van der Waals surface area contributed by atoms with Gasteiger partial charge in [-0.3, -0.25) is 4.79 Å². The van der Waals surface area contributed by atoms with E-state index in [1.807, 2.05) is 26.0 Å². The number of hydrogen-bond donors (Lipinski definition) is 3. The van der Waals surface area contributed by atoms with Gasteiger partial charge < -0.3 is 25.4 Å². The third-order valence-corrected chi connectivity index (χ3v) is 3.14. The van der Waals surface area contributed by atoms with Gasteiger partial charge in [0.2, 0.25) is 0 Å². The molecular weight excluding hydrogens is 447 g/mol. The predicted octanol–water partition coefficient (Wildman–Crippen LogP) is 2.07. The van der Waals surface area contributed by atoms with Crippen LogP contribution >= 0.6 is 24.0 Å². The lowest BCUT2D eigenvalue weighted by molar-refractivity contribution is -0.123. The van der Waals surface area contributed by atoms with Crippen LogP contribution in [0.15, 0.2) is 35.8 Å². The van der Waals surface area contributed by atoms with Crippen LogP contribution in [-0.2, 0) is 11.3 Å². The van der Waals surface area contributed by atoms with Crippen LogP contribution in [0.25, 0.3) is 0 Å². The van der Waals surface area contributed by atoms with E-state index in [2.05, 4.69) is 27.5 Å². The van der Waals surface area contributed by atoms with Gasteiger partial charge in [-0.25, -0.2) is 4.99 Å². The van der Waals surface area contributed by atoms with Gasteiger partial charge in [-0.2, -0.15) is 0 Å². The molecule has 0 unspecified atom stereocenters. The molecule has 1 aromatic carbocycles. The van der Waals surface area contributed by atoms with Crippen LogP contribution in [0.2, 0.25) is 0 Å². The fourth-order valence-electron chi connectivity index (χ4n) is 2.00. The number of benzene rings is 1. The average molecular weight is 476 g/mol. The Kier molecular flexibility index (Phi) is 13.1. The van der Waals surface area contributed by atoms with Gasteiger partial charge in [0, 0.05) is 19.6 Å². The van der Waals surface area contributed by atoms with E-state index in [1.54, 1.807) is 19.3 Å². The Bertz CT molecular complexity index is 594. The van der Waals surface area contributed by atoms with Gasteiger partial charge in [0.1, 0.15) is 0 Å². The molecule has 0 saturated heterocycles. The maximum Gasteiger partial charge on any atom is 0.257 e.